The Kier molecular flexibility index (Phi) is 5.16. The molecule has 0 amide bonds. The topological polar surface area (TPSA) is 38.7 Å². The minimum Gasteiger partial charge on any atom is -0.208 e. The lowest BCUT2D eigenvalue weighted by Gasteiger charge is -2.11. The Labute approximate surface area is 219 Å². The maximum atomic E-state index is 6.33. The molecular weight excluding hydrogens is 474 g/mol. The van der Waals surface area contributed by atoms with Crippen LogP contribution in [0.25, 0.3) is 66.2 Å². The van der Waals surface area contributed by atoms with Crippen LogP contribution in [0.15, 0.2) is 121 Å². The van der Waals surface area contributed by atoms with E-state index in [2.05, 4.69) is 88.8 Å². The molecule has 0 aliphatic rings. The van der Waals surface area contributed by atoms with E-state index in [1.165, 1.54) is 32.7 Å². The van der Waals surface area contributed by atoms with Gasteiger partial charge in [-0.2, -0.15) is 9.97 Å². The fourth-order valence-electron chi connectivity index (χ4n) is 5.04. The van der Waals surface area contributed by atoms with Crippen LogP contribution in [-0.2, 0) is 0 Å². The van der Waals surface area contributed by atoms with Crippen molar-refractivity contribution in [2.45, 2.75) is 0 Å². The average Bonchev–Trinajstić information content (AvgIpc) is 2.96. The predicted octanol–water partition coefficient (Wildman–Crippen LogP) is 8.99. The van der Waals surface area contributed by atoms with Gasteiger partial charge in [0.25, 0.3) is 0 Å². The zero-order chi connectivity index (χ0) is 24.8. The highest BCUT2D eigenvalue weighted by Gasteiger charge is 2.13. The van der Waals surface area contributed by atoms with Crippen LogP contribution in [0, 0.1) is 0 Å². The molecule has 0 atom stereocenters. The Balaban J connectivity index is 1.33. The molecule has 0 aliphatic heterocycles. The maximum Gasteiger partial charge on any atom is 0.226 e. The van der Waals surface area contributed by atoms with Crippen LogP contribution < -0.4 is 0 Å². The maximum absolute atomic E-state index is 6.33. The summed E-state index contributed by atoms with van der Waals surface area (Å²) >= 11 is 6.33. The van der Waals surface area contributed by atoms with Gasteiger partial charge in [0.1, 0.15) is 0 Å². The van der Waals surface area contributed by atoms with E-state index in [9.17, 15) is 0 Å². The molecule has 0 aliphatic carbocycles. The molecule has 4 heteroatoms. The summed E-state index contributed by atoms with van der Waals surface area (Å²) < 4.78 is 0. The zero-order valence-electron chi connectivity index (χ0n) is 19.8. The summed E-state index contributed by atoms with van der Waals surface area (Å²) in [5.74, 6) is 1.13. The summed E-state index contributed by atoms with van der Waals surface area (Å²) in [7, 11) is 0. The molecule has 0 radical (unpaired) electrons. The van der Waals surface area contributed by atoms with Crippen LogP contribution in [-0.4, -0.2) is 15.0 Å². The average molecular weight is 494 g/mol. The van der Waals surface area contributed by atoms with Crippen molar-refractivity contribution < 1.29 is 0 Å². The molecule has 0 saturated heterocycles. The van der Waals surface area contributed by atoms with Crippen LogP contribution in [0.3, 0.4) is 0 Å². The van der Waals surface area contributed by atoms with Gasteiger partial charge < -0.3 is 0 Å². The van der Waals surface area contributed by atoms with Gasteiger partial charge in [0.15, 0.2) is 11.6 Å². The van der Waals surface area contributed by atoms with Gasteiger partial charge in [-0.15, -0.1) is 0 Å². The van der Waals surface area contributed by atoms with Crippen LogP contribution >= 0.6 is 11.6 Å². The first-order valence-corrected chi connectivity index (χ1v) is 12.5. The van der Waals surface area contributed by atoms with E-state index in [1.807, 2.05) is 42.5 Å². The van der Waals surface area contributed by atoms with E-state index < -0.39 is 0 Å². The largest absolute Gasteiger partial charge is 0.226 e. The van der Waals surface area contributed by atoms with Gasteiger partial charge in [0.05, 0.1) is 0 Å². The number of hydrogen-bond acceptors (Lipinski definition) is 3. The first-order valence-electron chi connectivity index (χ1n) is 12.1. The quantitative estimate of drug-likeness (QED) is 0.230. The first kappa shape index (κ1) is 21.7. The molecule has 1 heterocycles. The molecule has 7 rings (SSSR count). The van der Waals surface area contributed by atoms with Gasteiger partial charge in [-0.1, -0.05) is 109 Å². The number of aromatic nitrogens is 3. The van der Waals surface area contributed by atoms with Crippen LogP contribution in [0.5, 0.6) is 0 Å². The summed E-state index contributed by atoms with van der Waals surface area (Å²) in [6.07, 6.45) is 0. The Hall–Kier alpha value is -4.60. The molecule has 3 nitrogen and oxygen atoms in total. The minimum atomic E-state index is 0.182. The Bertz CT molecular complexity index is 1950. The molecule has 174 valence electrons. The van der Waals surface area contributed by atoms with Crippen molar-refractivity contribution in [2.24, 2.45) is 0 Å². The molecule has 0 saturated carbocycles. The van der Waals surface area contributed by atoms with Gasteiger partial charge >= 0.3 is 0 Å². The summed E-state index contributed by atoms with van der Waals surface area (Å²) in [6, 6.07) is 42.2. The van der Waals surface area contributed by atoms with E-state index in [0.29, 0.717) is 11.6 Å². The Morgan fingerprint density at radius 3 is 1.86 bits per heavy atom. The second-order valence-electron chi connectivity index (χ2n) is 9.08. The third-order valence-corrected chi connectivity index (χ3v) is 7.01. The van der Waals surface area contributed by atoms with Crippen LogP contribution in [0.1, 0.15) is 0 Å². The standard InChI is InChI=1S/C33H20ClN3/c34-33-36-31(22-8-2-1-3-9-22)35-32(37-33)30-12-6-10-25-19-23(16-18-29(25)30)24-15-17-28-26(20-24)14-13-21-7-4-5-11-27(21)28/h1-20H. The zero-order valence-corrected chi connectivity index (χ0v) is 20.5. The van der Waals surface area contributed by atoms with E-state index in [4.69, 9.17) is 16.6 Å². The smallest absolute Gasteiger partial charge is 0.208 e. The summed E-state index contributed by atoms with van der Waals surface area (Å²) in [5.41, 5.74) is 4.18. The molecule has 1 aromatic heterocycles. The fourth-order valence-corrected chi connectivity index (χ4v) is 5.20. The lowest BCUT2D eigenvalue weighted by Crippen LogP contribution is -1.97. The molecule has 0 fully saturated rings. The third kappa shape index (κ3) is 3.90. The summed E-state index contributed by atoms with van der Waals surface area (Å²) in [6.45, 7) is 0. The van der Waals surface area contributed by atoms with E-state index in [0.717, 1.165) is 21.9 Å². The normalized spacial score (nSPS) is 11.4. The van der Waals surface area contributed by atoms with Crippen molar-refractivity contribution in [3.63, 3.8) is 0 Å². The van der Waals surface area contributed by atoms with Crippen LogP contribution in [0.4, 0.5) is 0 Å². The third-order valence-electron chi connectivity index (χ3n) is 6.84. The monoisotopic (exact) mass is 493 g/mol. The van der Waals surface area contributed by atoms with Gasteiger partial charge in [-0.3, -0.25) is 0 Å². The lowest BCUT2D eigenvalue weighted by atomic mass is 9.95. The van der Waals surface area contributed by atoms with Crippen molar-refractivity contribution in [3.8, 4) is 33.9 Å². The molecule has 7 aromatic rings. The highest BCUT2D eigenvalue weighted by Crippen LogP contribution is 2.34. The highest BCUT2D eigenvalue weighted by molar-refractivity contribution is 6.28. The van der Waals surface area contributed by atoms with Gasteiger partial charge in [-0.05, 0) is 67.2 Å². The van der Waals surface area contributed by atoms with Crippen molar-refractivity contribution >= 4 is 43.9 Å². The predicted molar refractivity (Wildman–Crippen MR) is 154 cm³/mol. The molecular formula is C33H20ClN3. The van der Waals surface area contributed by atoms with Crippen molar-refractivity contribution in [1.29, 1.82) is 0 Å². The first-order chi connectivity index (χ1) is 18.2. The minimum absolute atomic E-state index is 0.182. The molecule has 37 heavy (non-hydrogen) atoms. The fraction of sp³-hybridized carbons (Fsp3) is 0. The van der Waals surface area contributed by atoms with Gasteiger partial charge in [0, 0.05) is 11.1 Å². The number of halogens is 1. The van der Waals surface area contributed by atoms with Crippen molar-refractivity contribution in [3.05, 3.63) is 127 Å². The molecule has 0 unspecified atom stereocenters. The molecule has 0 bridgehead atoms. The SMILES string of the molecule is Clc1nc(-c2ccccc2)nc(-c2cccc3cc(-c4ccc5c(ccc6ccccc65)c4)ccc23)n1. The van der Waals surface area contributed by atoms with E-state index >= 15 is 0 Å². The second-order valence-corrected chi connectivity index (χ2v) is 9.42. The number of hydrogen-bond donors (Lipinski definition) is 0. The molecule has 6 aromatic carbocycles. The molecule has 0 N–H and O–H groups in total. The Morgan fingerprint density at radius 1 is 0.405 bits per heavy atom. The molecule has 0 spiro atoms. The highest BCUT2D eigenvalue weighted by atomic mass is 35.5. The van der Waals surface area contributed by atoms with E-state index in [1.54, 1.807) is 0 Å². The number of benzene rings is 6. The van der Waals surface area contributed by atoms with Gasteiger partial charge in [-0.25, -0.2) is 4.98 Å². The second kappa shape index (κ2) is 8.81. The van der Waals surface area contributed by atoms with Crippen molar-refractivity contribution in [1.82, 2.24) is 15.0 Å². The number of nitrogens with zero attached hydrogens (tertiary/aromatic N) is 3. The van der Waals surface area contributed by atoms with Gasteiger partial charge in [0.2, 0.25) is 5.28 Å². The van der Waals surface area contributed by atoms with E-state index in [-0.39, 0.29) is 5.28 Å². The summed E-state index contributed by atoms with van der Waals surface area (Å²) in [4.78, 5) is 13.6. The van der Waals surface area contributed by atoms with Crippen molar-refractivity contribution in [2.75, 3.05) is 0 Å². The summed E-state index contributed by atoms with van der Waals surface area (Å²) in [5, 5.41) is 7.41. The Morgan fingerprint density at radius 2 is 1.03 bits per heavy atom. The lowest BCUT2D eigenvalue weighted by molar-refractivity contribution is 1.07. The number of rotatable bonds is 3. The number of fused-ring (bicyclic) bond motifs is 4. The van der Waals surface area contributed by atoms with Crippen LogP contribution in [0.2, 0.25) is 5.28 Å².